The fraction of sp³-hybridized carbons (Fsp3) is 0.250. The van der Waals surface area contributed by atoms with Crippen molar-refractivity contribution in [3.63, 3.8) is 0 Å². The lowest BCUT2D eigenvalue weighted by Gasteiger charge is -2.15. The van der Waals surface area contributed by atoms with Crippen molar-refractivity contribution in [3.05, 3.63) is 69.7 Å². The Morgan fingerprint density at radius 2 is 0.950 bits per heavy atom. The summed E-state index contributed by atoms with van der Waals surface area (Å²) in [5.41, 5.74) is 1.61. The van der Waals surface area contributed by atoms with Gasteiger partial charge in [0, 0.05) is 10.0 Å². The molecule has 0 radical (unpaired) electrons. The molecule has 0 saturated heterocycles. The van der Waals surface area contributed by atoms with E-state index in [0.717, 1.165) is 11.1 Å². The van der Waals surface area contributed by atoms with E-state index < -0.39 is 12.2 Å². The van der Waals surface area contributed by atoms with Crippen LogP contribution in [0.15, 0.2) is 48.5 Å². The van der Waals surface area contributed by atoms with Crippen LogP contribution in [0.2, 0.25) is 10.0 Å². The Bertz CT molecular complexity index is 486. The van der Waals surface area contributed by atoms with Gasteiger partial charge in [-0.1, -0.05) is 47.5 Å². The molecule has 0 saturated carbocycles. The van der Waals surface area contributed by atoms with Gasteiger partial charge in [0.1, 0.15) is 0 Å². The van der Waals surface area contributed by atoms with Crippen LogP contribution in [-0.4, -0.2) is 10.2 Å². The first-order valence-corrected chi connectivity index (χ1v) is 7.19. The van der Waals surface area contributed by atoms with Gasteiger partial charge >= 0.3 is 0 Å². The second kappa shape index (κ2) is 7.09. The lowest BCUT2D eigenvalue weighted by molar-refractivity contribution is 0.115. The van der Waals surface area contributed by atoms with E-state index in [-0.39, 0.29) is 0 Å². The molecule has 0 aliphatic rings. The van der Waals surface area contributed by atoms with E-state index in [2.05, 4.69) is 0 Å². The lowest BCUT2D eigenvalue weighted by Crippen LogP contribution is -2.03. The molecular weight excluding hydrogens is 295 g/mol. The van der Waals surface area contributed by atoms with Crippen LogP contribution in [0.4, 0.5) is 0 Å². The average Bonchev–Trinajstić information content (AvgIpc) is 2.46. The smallest absolute Gasteiger partial charge is 0.0791 e. The summed E-state index contributed by atoms with van der Waals surface area (Å²) in [5.74, 6) is 0. The van der Waals surface area contributed by atoms with Crippen LogP contribution in [0.25, 0.3) is 0 Å². The van der Waals surface area contributed by atoms with Gasteiger partial charge in [-0.2, -0.15) is 0 Å². The molecule has 0 spiro atoms. The lowest BCUT2D eigenvalue weighted by atomic mass is 9.99. The van der Waals surface area contributed by atoms with Crippen LogP contribution in [0.1, 0.15) is 36.2 Å². The van der Waals surface area contributed by atoms with Crippen molar-refractivity contribution in [3.8, 4) is 0 Å². The Balaban J connectivity index is 1.91. The standard InChI is InChI=1S/C16H16Cl2O2/c17-13-5-1-11(2-6-13)15(19)9-10-16(20)12-3-7-14(18)8-4-12/h1-8,15-16,19-20H,9-10H2. The van der Waals surface area contributed by atoms with Crippen LogP contribution in [0.5, 0.6) is 0 Å². The molecule has 2 aromatic carbocycles. The van der Waals surface area contributed by atoms with Gasteiger partial charge in [-0.05, 0) is 48.2 Å². The molecule has 0 aromatic heterocycles. The highest BCUT2D eigenvalue weighted by Gasteiger charge is 2.12. The maximum Gasteiger partial charge on any atom is 0.0791 e. The van der Waals surface area contributed by atoms with E-state index in [1.807, 2.05) is 0 Å². The van der Waals surface area contributed by atoms with Crippen LogP contribution >= 0.6 is 23.2 Å². The molecule has 106 valence electrons. The molecule has 2 N–H and O–H groups in total. The van der Waals surface area contributed by atoms with Gasteiger partial charge in [0.15, 0.2) is 0 Å². The maximum absolute atomic E-state index is 10.1. The topological polar surface area (TPSA) is 40.5 Å². The number of hydrogen-bond acceptors (Lipinski definition) is 2. The molecule has 0 aliphatic heterocycles. The molecule has 2 rings (SSSR count). The highest BCUT2D eigenvalue weighted by Crippen LogP contribution is 2.26. The third-order valence-corrected chi connectivity index (χ3v) is 3.73. The number of hydrogen-bond donors (Lipinski definition) is 2. The number of benzene rings is 2. The van der Waals surface area contributed by atoms with Gasteiger partial charge in [0.25, 0.3) is 0 Å². The van der Waals surface area contributed by atoms with Crippen LogP contribution in [0, 0.1) is 0 Å². The summed E-state index contributed by atoms with van der Waals surface area (Å²) in [6.45, 7) is 0. The summed E-state index contributed by atoms with van der Waals surface area (Å²) in [5, 5.41) is 21.4. The molecule has 0 fully saturated rings. The van der Waals surface area contributed by atoms with Crippen molar-refractivity contribution in [2.75, 3.05) is 0 Å². The minimum absolute atomic E-state index is 0.478. The predicted molar refractivity (Wildman–Crippen MR) is 82.1 cm³/mol. The Morgan fingerprint density at radius 3 is 1.25 bits per heavy atom. The number of rotatable bonds is 5. The zero-order chi connectivity index (χ0) is 14.5. The average molecular weight is 311 g/mol. The summed E-state index contributed by atoms with van der Waals surface area (Å²) in [6.07, 6.45) is -0.250. The zero-order valence-corrected chi connectivity index (χ0v) is 12.3. The summed E-state index contributed by atoms with van der Waals surface area (Å²) >= 11 is 11.6. The fourth-order valence-electron chi connectivity index (χ4n) is 2.02. The largest absolute Gasteiger partial charge is 0.388 e. The van der Waals surface area contributed by atoms with E-state index in [4.69, 9.17) is 23.2 Å². The third kappa shape index (κ3) is 4.22. The third-order valence-electron chi connectivity index (χ3n) is 3.22. The van der Waals surface area contributed by atoms with Gasteiger partial charge in [0.2, 0.25) is 0 Å². The van der Waals surface area contributed by atoms with Crippen molar-refractivity contribution >= 4 is 23.2 Å². The number of aliphatic hydroxyl groups excluding tert-OH is 2. The van der Waals surface area contributed by atoms with Crippen molar-refractivity contribution in [2.24, 2.45) is 0 Å². The SMILES string of the molecule is OC(CCC(O)c1ccc(Cl)cc1)c1ccc(Cl)cc1. The number of halogens is 2. The molecule has 2 nitrogen and oxygen atoms in total. The summed E-state index contributed by atoms with van der Waals surface area (Å²) < 4.78 is 0. The van der Waals surface area contributed by atoms with E-state index in [1.165, 1.54) is 0 Å². The Morgan fingerprint density at radius 1 is 0.650 bits per heavy atom. The maximum atomic E-state index is 10.1. The molecule has 2 unspecified atom stereocenters. The molecule has 0 bridgehead atoms. The van der Waals surface area contributed by atoms with Crippen LogP contribution in [-0.2, 0) is 0 Å². The highest BCUT2D eigenvalue weighted by atomic mass is 35.5. The van der Waals surface area contributed by atoms with Crippen LogP contribution < -0.4 is 0 Å². The molecule has 0 aliphatic carbocycles. The van der Waals surface area contributed by atoms with Crippen molar-refractivity contribution in [1.29, 1.82) is 0 Å². The first-order chi connectivity index (χ1) is 9.56. The molecule has 4 heteroatoms. The molecule has 2 aromatic rings. The second-order valence-electron chi connectivity index (χ2n) is 4.71. The molecular formula is C16H16Cl2O2. The van der Waals surface area contributed by atoms with Gasteiger partial charge < -0.3 is 10.2 Å². The fourth-order valence-corrected chi connectivity index (χ4v) is 2.27. The quantitative estimate of drug-likeness (QED) is 0.851. The molecule has 0 amide bonds. The van der Waals surface area contributed by atoms with Crippen molar-refractivity contribution < 1.29 is 10.2 Å². The highest BCUT2D eigenvalue weighted by molar-refractivity contribution is 6.30. The van der Waals surface area contributed by atoms with E-state index >= 15 is 0 Å². The van der Waals surface area contributed by atoms with Crippen molar-refractivity contribution in [2.45, 2.75) is 25.0 Å². The zero-order valence-electron chi connectivity index (χ0n) is 10.8. The normalized spacial score (nSPS) is 14.0. The molecule has 2 atom stereocenters. The van der Waals surface area contributed by atoms with E-state index in [0.29, 0.717) is 22.9 Å². The molecule has 0 heterocycles. The van der Waals surface area contributed by atoms with Gasteiger partial charge in [-0.15, -0.1) is 0 Å². The predicted octanol–water partition coefficient (Wildman–Crippen LogP) is 4.54. The Hall–Kier alpha value is -1.06. The van der Waals surface area contributed by atoms with Gasteiger partial charge in [0.05, 0.1) is 12.2 Å². The Labute approximate surface area is 128 Å². The van der Waals surface area contributed by atoms with Crippen molar-refractivity contribution in [1.82, 2.24) is 0 Å². The number of aliphatic hydroxyl groups is 2. The van der Waals surface area contributed by atoms with Gasteiger partial charge in [-0.3, -0.25) is 0 Å². The minimum atomic E-state index is -0.603. The van der Waals surface area contributed by atoms with Gasteiger partial charge in [-0.25, -0.2) is 0 Å². The first kappa shape index (κ1) is 15.3. The van der Waals surface area contributed by atoms with Crippen LogP contribution in [0.3, 0.4) is 0 Å². The van der Waals surface area contributed by atoms with E-state index in [1.54, 1.807) is 48.5 Å². The first-order valence-electron chi connectivity index (χ1n) is 6.43. The second-order valence-corrected chi connectivity index (χ2v) is 5.58. The minimum Gasteiger partial charge on any atom is -0.388 e. The van der Waals surface area contributed by atoms with E-state index in [9.17, 15) is 10.2 Å². The molecule has 20 heavy (non-hydrogen) atoms. The summed E-state index contributed by atoms with van der Waals surface area (Å²) in [4.78, 5) is 0. The summed E-state index contributed by atoms with van der Waals surface area (Å²) in [7, 11) is 0. The Kier molecular flexibility index (Phi) is 5.44. The monoisotopic (exact) mass is 310 g/mol. The summed E-state index contributed by atoms with van der Waals surface area (Å²) in [6, 6.07) is 14.2.